The molecule has 1 aromatic heterocycles. The van der Waals surface area contributed by atoms with Crippen molar-refractivity contribution in [3.63, 3.8) is 0 Å². The number of benzene rings is 10. The van der Waals surface area contributed by atoms with Crippen molar-refractivity contribution >= 4 is 75.8 Å². The van der Waals surface area contributed by atoms with E-state index < -0.39 is 287 Å². The van der Waals surface area contributed by atoms with E-state index in [1.54, 1.807) is 0 Å². The normalized spacial score (nSPS) is 19.8. The molecule has 0 aliphatic heterocycles. The molecule has 0 aliphatic carbocycles. The van der Waals surface area contributed by atoms with Crippen molar-refractivity contribution in [2.45, 2.75) is 12.8 Å². The highest BCUT2D eigenvalue weighted by Gasteiger charge is 2.19. The van der Waals surface area contributed by atoms with Gasteiger partial charge in [-0.1, -0.05) is 169 Å². The molecule has 0 amide bonds. The molecule has 0 bridgehead atoms. The fourth-order valence-electron chi connectivity index (χ4n) is 6.82. The molecule has 10 aromatic carbocycles. The van der Waals surface area contributed by atoms with Crippen LogP contribution in [0.25, 0.3) is 86.9 Å². The first-order chi connectivity index (χ1) is 38.8. The first-order valence-corrected chi connectivity index (χ1v) is 16.1. The highest BCUT2D eigenvalue weighted by atomic mass is 16.3. The molecule has 1 nitrogen and oxygen atoms in total. The first-order valence-electron chi connectivity index (χ1n) is 31.1. The summed E-state index contributed by atoms with van der Waals surface area (Å²) in [5, 5.41) is -5.72. The van der Waals surface area contributed by atoms with Gasteiger partial charge in [0.05, 0.1) is 41.1 Å². The van der Waals surface area contributed by atoms with Gasteiger partial charge in [0, 0.05) is 16.2 Å². The van der Waals surface area contributed by atoms with Gasteiger partial charge in [-0.3, -0.25) is 0 Å². The maximum atomic E-state index is 9.65. The minimum atomic E-state index is -0.994. The van der Waals surface area contributed by atoms with Crippen molar-refractivity contribution in [2.75, 3.05) is 0 Å². The summed E-state index contributed by atoms with van der Waals surface area (Å²) in [6.45, 7) is 0. The zero-order valence-corrected chi connectivity index (χ0v) is 26.8. The molecule has 0 unspecified atom stereocenters. The van der Waals surface area contributed by atoms with Crippen molar-refractivity contribution < 1.29 is 45.5 Å². The zero-order valence-electron chi connectivity index (χ0n) is 56.8. The Kier molecular flexibility index (Phi) is 2.87. The maximum absolute atomic E-state index is 9.65. The second-order valence-electron chi connectivity index (χ2n) is 12.0. The SMILES string of the molecule is [2H]c1c([2H])c(-c2c3c([2H])c([2H])c([2H])c([2H])c3c(Cc3c([2H])c([2H])c([2H])c4oc5c6c([2H])c([2H])c([2H])c([2H])c6c([2H])c([2H])c5c34)c3c([2H])c([2H])c([2H])c([2H])c23)c([2H])c([2H])c1Cc1c([2H])c([2H])c([2H])c2c1c([2H])c([2H])c1c([2H])c([2H])c([2H])c([2H])c12. The van der Waals surface area contributed by atoms with Crippen molar-refractivity contribution in [3.8, 4) is 11.1 Å². The third kappa shape index (κ3) is 4.78. The number of rotatable bonds is 5. The van der Waals surface area contributed by atoms with Crippen LogP contribution in [0, 0.1) is 0 Å². The van der Waals surface area contributed by atoms with Crippen LogP contribution in [0.5, 0.6) is 0 Å². The van der Waals surface area contributed by atoms with Crippen molar-refractivity contribution in [1.29, 1.82) is 0 Å². The lowest BCUT2D eigenvalue weighted by molar-refractivity contribution is 0.672. The maximum Gasteiger partial charge on any atom is 0.143 e. The monoisotopic (exact) mass is 704 g/mol. The summed E-state index contributed by atoms with van der Waals surface area (Å²) >= 11 is 0. The quantitative estimate of drug-likeness (QED) is 0.128. The predicted octanol–water partition coefficient (Wildman–Crippen LogP) is 14.2. The molecule has 0 aliphatic rings. The molecule has 1 heterocycles. The van der Waals surface area contributed by atoms with Crippen LogP contribution < -0.4 is 0 Å². The molecule has 0 atom stereocenters. The van der Waals surface area contributed by atoms with Crippen LogP contribution in [0.2, 0.25) is 0 Å². The first kappa shape index (κ1) is 12.8. The number of hydrogen-bond donors (Lipinski definition) is 0. The van der Waals surface area contributed by atoms with E-state index in [2.05, 4.69) is 0 Å². The van der Waals surface area contributed by atoms with Crippen LogP contribution in [0.4, 0.5) is 0 Å². The van der Waals surface area contributed by atoms with Crippen LogP contribution in [-0.2, 0) is 12.8 Å². The number of fused-ring (bicyclic) bond motifs is 10. The third-order valence-electron chi connectivity index (χ3n) is 9.14. The predicted molar refractivity (Wildman–Crippen MR) is 225 cm³/mol. The average Bonchev–Trinajstić information content (AvgIpc) is 2.71. The van der Waals surface area contributed by atoms with Crippen LogP contribution in [0.1, 0.15) is 63.4 Å². The van der Waals surface area contributed by atoms with Crippen molar-refractivity contribution in [1.82, 2.24) is 0 Å². The van der Waals surface area contributed by atoms with Gasteiger partial charge in [-0.25, -0.2) is 0 Å². The Bertz CT molecular complexity index is 4860. The van der Waals surface area contributed by atoms with Gasteiger partial charge in [0.25, 0.3) is 0 Å². The van der Waals surface area contributed by atoms with Crippen LogP contribution in [0.3, 0.4) is 0 Å². The van der Waals surface area contributed by atoms with Gasteiger partial charge in [-0.05, 0) is 107 Å². The largest absolute Gasteiger partial charge is 0.455 e. The minimum absolute atomic E-state index is 0.339. The zero-order chi connectivity index (χ0) is 61.0. The lowest BCUT2D eigenvalue weighted by atomic mass is 9.85. The molecule has 0 saturated heterocycles. The average molecular weight is 705 g/mol. The summed E-state index contributed by atoms with van der Waals surface area (Å²) in [6, 6.07) is -24.8. The van der Waals surface area contributed by atoms with E-state index in [0.717, 1.165) is 0 Å². The Hall–Kier alpha value is -6.70. The summed E-state index contributed by atoms with van der Waals surface area (Å²) in [4.78, 5) is 0. The molecule has 0 saturated carbocycles. The highest BCUT2D eigenvalue weighted by molar-refractivity contribution is 6.18. The fourth-order valence-corrected chi connectivity index (χ4v) is 6.82. The van der Waals surface area contributed by atoms with Gasteiger partial charge in [0.2, 0.25) is 0 Å². The summed E-state index contributed by atoms with van der Waals surface area (Å²) in [5.74, 6) is 0. The van der Waals surface area contributed by atoms with E-state index in [4.69, 9.17) is 31.8 Å². The summed E-state index contributed by atoms with van der Waals surface area (Å²) < 4.78 is 276. The van der Waals surface area contributed by atoms with E-state index in [9.17, 15) is 13.7 Å². The Morgan fingerprint density at radius 2 is 0.943 bits per heavy atom. The van der Waals surface area contributed by atoms with Crippen LogP contribution in [-0.4, -0.2) is 0 Å². The lowest BCUT2D eigenvalue weighted by Gasteiger charge is -2.18. The standard InChI is InChI=1S/C52H34O/c1-3-15-39-34(11-1)27-29-40-37(13-9-21-42(39)40)31-33-23-25-36(26-24-33)50-45-19-7-5-17-43(45)48(44-18-6-8-20-46(44)50)32-38-14-10-22-49-51(38)47-30-28-35-12-2-4-16-41(35)52(47)53-49/h1-30H,31-32H2/i1D,2D,3D,4D,5D,6D,7D,8D,9D,10D,11D,12D,13D,14D,15D,16D,17D,18D,19D,20D,21D,22D,23D,24D,25D,26D,27D,28D,29D,30D. The fraction of sp³-hybridized carbons (Fsp3) is 0.0385. The summed E-state index contributed by atoms with van der Waals surface area (Å²) in [7, 11) is 0. The topological polar surface area (TPSA) is 13.1 Å². The van der Waals surface area contributed by atoms with Gasteiger partial charge < -0.3 is 4.42 Å². The highest BCUT2D eigenvalue weighted by Crippen LogP contribution is 2.42. The van der Waals surface area contributed by atoms with Crippen LogP contribution >= 0.6 is 0 Å². The van der Waals surface area contributed by atoms with Gasteiger partial charge in [0.1, 0.15) is 11.2 Å². The molecule has 11 rings (SSSR count). The van der Waals surface area contributed by atoms with Gasteiger partial charge in [0.15, 0.2) is 0 Å². The Morgan fingerprint density at radius 1 is 0.377 bits per heavy atom. The second kappa shape index (κ2) is 11.9. The second-order valence-corrected chi connectivity index (χ2v) is 12.0. The Balaban J connectivity index is 1.26. The van der Waals surface area contributed by atoms with Gasteiger partial charge in [-0.2, -0.15) is 0 Å². The molecule has 53 heavy (non-hydrogen) atoms. The molecule has 0 fully saturated rings. The van der Waals surface area contributed by atoms with E-state index in [1.165, 1.54) is 0 Å². The Morgan fingerprint density at radius 3 is 1.68 bits per heavy atom. The molecular weight excluding hydrogens is 641 g/mol. The Labute approximate surface area is 349 Å². The smallest absolute Gasteiger partial charge is 0.143 e. The molecule has 11 aromatic rings. The molecule has 0 radical (unpaired) electrons. The van der Waals surface area contributed by atoms with E-state index in [0.29, 0.717) is 0 Å². The number of furan rings is 1. The van der Waals surface area contributed by atoms with Gasteiger partial charge >= 0.3 is 0 Å². The molecular formula is C52H34O. The van der Waals surface area contributed by atoms with E-state index in [1.807, 2.05) is 0 Å². The summed E-state index contributed by atoms with van der Waals surface area (Å²) in [6.07, 6.45) is -1.73. The van der Waals surface area contributed by atoms with Crippen molar-refractivity contribution in [3.05, 3.63) is 204 Å². The third-order valence-corrected chi connectivity index (χ3v) is 9.14. The van der Waals surface area contributed by atoms with Crippen molar-refractivity contribution in [2.24, 2.45) is 0 Å². The molecule has 248 valence electrons. The molecule has 0 N–H and O–H groups in total. The van der Waals surface area contributed by atoms with E-state index in [-0.39, 0.29) is 16.3 Å². The number of hydrogen-bond acceptors (Lipinski definition) is 1. The molecule has 0 spiro atoms. The van der Waals surface area contributed by atoms with Gasteiger partial charge in [-0.15, -0.1) is 0 Å². The summed E-state index contributed by atoms with van der Waals surface area (Å²) in [5.41, 5.74) is -4.20. The lowest BCUT2D eigenvalue weighted by Crippen LogP contribution is -1.96. The van der Waals surface area contributed by atoms with Crippen LogP contribution in [0.15, 0.2) is 186 Å². The van der Waals surface area contributed by atoms with E-state index >= 15 is 0 Å². The molecule has 1 heteroatoms. The minimum Gasteiger partial charge on any atom is -0.455 e.